The Hall–Kier alpha value is -1.53. The summed E-state index contributed by atoms with van der Waals surface area (Å²) in [4.78, 5) is 27.4. The predicted octanol–water partition coefficient (Wildman–Crippen LogP) is 3.14. The van der Waals surface area contributed by atoms with Gasteiger partial charge < -0.3 is 9.47 Å². The normalized spacial score (nSPS) is 17.4. The van der Waals surface area contributed by atoms with E-state index in [0.29, 0.717) is 18.2 Å². The lowest BCUT2D eigenvalue weighted by molar-refractivity contribution is -0.118. The smallest absolute Gasteiger partial charge is 0.307 e. The fourth-order valence-electron chi connectivity index (χ4n) is 2.64. The molecule has 3 rings (SSSR count). The van der Waals surface area contributed by atoms with Crippen molar-refractivity contribution < 1.29 is 4.79 Å². The molecule has 1 aliphatic rings. The minimum absolute atomic E-state index is 0.00766. The molecular weight excluding hydrogens is 316 g/mol. The quantitative estimate of drug-likeness (QED) is 0.866. The first kappa shape index (κ1) is 15.4. The number of aryl methyl sites for hydroxylation is 1. The van der Waals surface area contributed by atoms with Gasteiger partial charge in [-0.3, -0.25) is 9.59 Å². The van der Waals surface area contributed by atoms with E-state index < -0.39 is 0 Å². The van der Waals surface area contributed by atoms with Crippen molar-refractivity contribution in [1.29, 1.82) is 0 Å². The number of aromatic nitrogens is 1. The molecule has 1 aromatic carbocycles. The summed E-state index contributed by atoms with van der Waals surface area (Å²) in [5, 5.41) is 2.21. The second-order valence-electron chi connectivity index (χ2n) is 5.45. The number of thioether (sulfide) groups is 1. The number of fused-ring (bicyclic) bond motifs is 1. The summed E-state index contributed by atoms with van der Waals surface area (Å²) >= 11 is 2.99. The zero-order valence-electron chi connectivity index (χ0n) is 12.6. The SMILES string of the molecule is Cc1csc(=O)n1CCC(=O)N1C[C@@H](C)Sc2ccccc21. The highest BCUT2D eigenvalue weighted by atomic mass is 32.2. The average Bonchev–Trinajstić information content (AvgIpc) is 2.82. The van der Waals surface area contributed by atoms with Crippen LogP contribution in [0.2, 0.25) is 0 Å². The molecule has 1 atom stereocenters. The van der Waals surface area contributed by atoms with Gasteiger partial charge in [0.05, 0.1) is 5.69 Å². The molecule has 1 aliphatic heterocycles. The molecule has 0 aliphatic carbocycles. The van der Waals surface area contributed by atoms with Crippen LogP contribution in [0.15, 0.2) is 39.3 Å². The van der Waals surface area contributed by atoms with Crippen molar-refractivity contribution in [2.75, 3.05) is 11.4 Å². The number of hydrogen-bond donors (Lipinski definition) is 0. The van der Waals surface area contributed by atoms with Crippen LogP contribution in [-0.2, 0) is 11.3 Å². The number of para-hydroxylation sites is 1. The van der Waals surface area contributed by atoms with E-state index in [-0.39, 0.29) is 10.8 Å². The van der Waals surface area contributed by atoms with E-state index in [9.17, 15) is 9.59 Å². The standard InChI is InChI=1S/C16H18N2O2S2/c1-11-10-21-16(20)17(11)8-7-15(19)18-9-12(2)22-14-6-4-3-5-13(14)18/h3-6,10,12H,7-9H2,1-2H3/t12-/m1/s1. The number of benzene rings is 1. The Morgan fingerprint density at radius 3 is 2.86 bits per heavy atom. The zero-order valence-corrected chi connectivity index (χ0v) is 14.2. The van der Waals surface area contributed by atoms with E-state index in [1.165, 1.54) is 11.3 Å². The van der Waals surface area contributed by atoms with Crippen molar-refractivity contribution >= 4 is 34.7 Å². The number of carbonyl (C=O) groups excluding carboxylic acids is 1. The van der Waals surface area contributed by atoms with E-state index in [4.69, 9.17) is 0 Å². The maximum atomic E-state index is 12.6. The monoisotopic (exact) mass is 334 g/mol. The van der Waals surface area contributed by atoms with Crippen LogP contribution in [0.25, 0.3) is 0 Å². The molecule has 116 valence electrons. The molecule has 0 saturated heterocycles. The summed E-state index contributed by atoms with van der Waals surface area (Å²) in [6.45, 7) is 5.21. The lowest BCUT2D eigenvalue weighted by atomic mass is 10.2. The average molecular weight is 334 g/mol. The molecule has 2 aromatic rings. The molecule has 1 aromatic heterocycles. The highest BCUT2D eigenvalue weighted by Crippen LogP contribution is 2.38. The summed E-state index contributed by atoms with van der Waals surface area (Å²) in [6, 6.07) is 8.02. The van der Waals surface area contributed by atoms with Crippen LogP contribution in [0, 0.1) is 6.92 Å². The molecule has 6 heteroatoms. The number of rotatable bonds is 3. The number of anilines is 1. The fourth-order valence-corrected chi connectivity index (χ4v) is 4.52. The number of hydrogen-bond acceptors (Lipinski definition) is 4. The molecule has 0 saturated carbocycles. The lowest BCUT2D eigenvalue weighted by Gasteiger charge is -2.32. The third-order valence-electron chi connectivity index (χ3n) is 3.75. The molecule has 0 bridgehead atoms. The number of nitrogens with zero attached hydrogens (tertiary/aromatic N) is 2. The highest BCUT2D eigenvalue weighted by Gasteiger charge is 2.26. The van der Waals surface area contributed by atoms with Gasteiger partial charge in [-0.15, -0.1) is 11.8 Å². The minimum atomic E-state index is 0.00766. The van der Waals surface area contributed by atoms with E-state index in [2.05, 4.69) is 13.0 Å². The molecule has 0 N–H and O–H groups in total. The largest absolute Gasteiger partial charge is 0.310 e. The van der Waals surface area contributed by atoms with Gasteiger partial charge in [-0.05, 0) is 19.1 Å². The predicted molar refractivity (Wildman–Crippen MR) is 92.0 cm³/mol. The van der Waals surface area contributed by atoms with Gasteiger partial charge in [-0.1, -0.05) is 30.4 Å². The number of amides is 1. The molecule has 1 amide bonds. The van der Waals surface area contributed by atoms with Crippen molar-refractivity contribution in [2.45, 2.75) is 37.0 Å². The molecule has 2 heterocycles. The second kappa shape index (κ2) is 6.30. The summed E-state index contributed by atoms with van der Waals surface area (Å²) < 4.78 is 1.68. The first-order valence-electron chi connectivity index (χ1n) is 7.27. The Morgan fingerprint density at radius 2 is 2.14 bits per heavy atom. The molecule has 0 unspecified atom stereocenters. The first-order valence-corrected chi connectivity index (χ1v) is 9.03. The van der Waals surface area contributed by atoms with Crippen LogP contribution in [-0.4, -0.2) is 22.3 Å². The van der Waals surface area contributed by atoms with Crippen molar-refractivity contribution in [3.63, 3.8) is 0 Å². The molecular formula is C16H18N2O2S2. The lowest BCUT2D eigenvalue weighted by Crippen LogP contribution is -2.39. The topological polar surface area (TPSA) is 42.3 Å². The number of carbonyl (C=O) groups is 1. The van der Waals surface area contributed by atoms with Crippen molar-refractivity contribution in [2.24, 2.45) is 0 Å². The van der Waals surface area contributed by atoms with Crippen LogP contribution >= 0.6 is 23.1 Å². The van der Waals surface area contributed by atoms with Crippen molar-refractivity contribution in [1.82, 2.24) is 4.57 Å². The van der Waals surface area contributed by atoms with E-state index in [0.717, 1.165) is 22.8 Å². The molecule has 0 spiro atoms. The van der Waals surface area contributed by atoms with E-state index in [1.807, 2.05) is 35.4 Å². The van der Waals surface area contributed by atoms with Gasteiger partial charge in [0.15, 0.2) is 0 Å². The van der Waals surface area contributed by atoms with Crippen LogP contribution in [0.1, 0.15) is 19.0 Å². The zero-order chi connectivity index (χ0) is 15.7. The molecule has 0 fully saturated rings. The summed E-state index contributed by atoms with van der Waals surface area (Å²) in [7, 11) is 0. The van der Waals surface area contributed by atoms with Gasteiger partial charge in [-0.2, -0.15) is 0 Å². The summed E-state index contributed by atoms with van der Waals surface area (Å²) in [6.07, 6.45) is 0.350. The first-order chi connectivity index (χ1) is 10.6. The Morgan fingerprint density at radius 1 is 1.36 bits per heavy atom. The third kappa shape index (κ3) is 2.98. The molecule has 4 nitrogen and oxygen atoms in total. The highest BCUT2D eigenvalue weighted by molar-refractivity contribution is 8.00. The Bertz CT molecular complexity index is 751. The van der Waals surface area contributed by atoms with Crippen molar-refractivity contribution in [3.05, 3.63) is 45.0 Å². The van der Waals surface area contributed by atoms with Crippen LogP contribution in [0.4, 0.5) is 5.69 Å². The van der Waals surface area contributed by atoms with Gasteiger partial charge in [0.25, 0.3) is 0 Å². The van der Waals surface area contributed by atoms with Gasteiger partial charge in [0.2, 0.25) is 5.91 Å². The summed E-state index contributed by atoms with van der Waals surface area (Å²) in [5.74, 6) is 0.0806. The Kier molecular flexibility index (Phi) is 4.40. The third-order valence-corrected chi connectivity index (χ3v) is 5.78. The van der Waals surface area contributed by atoms with E-state index in [1.54, 1.807) is 16.3 Å². The van der Waals surface area contributed by atoms with Gasteiger partial charge in [0.1, 0.15) is 0 Å². The van der Waals surface area contributed by atoms with Gasteiger partial charge in [-0.25, -0.2) is 0 Å². The number of thiazole rings is 1. The Labute approximate surface area is 137 Å². The Balaban J connectivity index is 1.77. The fraction of sp³-hybridized carbons (Fsp3) is 0.375. The molecule has 0 radical (unpaired) electrons. The second-order valence-corrected chi connectivity index (χ2v) is 7.75. The van der Waals surface area contributed by atoms with Gasteiger partial charge >= 0.3 is 4.87 Å². The maximum Gasteiger partial charge on any atom is 0.307 e. The van der Waals surface area contributed by atoms with Gasteiger partial charge in [0, 0.05) is 40.7 Å². The minimum Gasteiger partial charge on any atom is -0.310 e. The van der Waals surface area contributed by atoms with Crippen molar-refractivity contribution in [3.8, 4) is 0 Å². The molecule has 22 heavy (non-hydrogen) atoms. The summed E-state index contributed by atoms with van der Waals surface area (Å²) in [5.41, 5.74) is 1.91. The van der Waals surface area contributed by atoms with E-state index >= 15 is 0 Å². The maximum absolute atomic E-state index is 12.6. The van der Waals surface area contributed by atoms with Crippen LogP contribution in [0.3, 0.4) is 0 Å². The van der Waals surface area contributed by atoms with Crippen LogP contribution in [0.5, 0.6) is 0 Å². The van der Waals surface area contributed by atoms with Crippen LogP contribution < -0.4 is 9.77 Å².